The highest BCUT2D eigenvalue weighted by atomic mass is 32.2. The summed E-state index contributed by atoms with van der Waals surface area (Å²) in [6.07, 6.45) is 0. The Labute approximate surface area is 202 Å². The van der Waals surface area contributed by atoms with Crippen LogP contribution in [0.3, 0.4) is 0 Å². The van der Waals surface area contributed by atoms with Gasteiger partial charge < -0.3 is 10.1 Å². The van der Waals surface area contributed by atoms with E-state index in [-0.39, 0.29) is 23.8 Å². The lowest BCUT2D eigenvalue weighted by molar-refractivity contribution is -0.118. The average molecular weight is 478 g/mol. The van der Waals surface area contributed by atoms with Crippen molar-refractivity contribution in [2.75, 3.05) is 12.9 Å². The third-order valence-corrected chi connectivity index (χ3v) is 6.44. The van der Waals surface area contributed by atoms with E-state index in [1.54, 1.807) is 16.4 Å². The molecule has 2 heterocycles. The molecular weight excluding hydrogens is 450 g/mol. The Bertz CT molecular complexity index is 1360. The van der Waals surface area contributed by atoms with E-state index in [0.29, 0.717) is 40.7 Å². The molecule has 0 aliphatic rings. The van der Waals surface area contributed by atoms with Crippen molar-refractivity contribution in [2.45, 2.75) is 38.6 Å². The highest BCUT2D eigenvalue weighted by Crippen LogP contribution is 2.23. The molecule has 8 nitrogen and oxygen atoms in total. The Morgan fingerprint density at radius 3 is 2.59 bits per heavy atom. The minimum Gasteiger partial charge on any atom is -0.496 e. The van der Waals surface area contributed by atoms with Gasteiger partial charge in [0.25, 0.3) is 5.56 Å². The van der Waals surface area contributed by atoms with E-state index in [1.165, 1.54) is 11.8 Å². The number of rotatable bonds is 9. The fraction of sp³-hybridized carbons (Fsp3) is 0.280. The molecule has 0 unspecified atom stereocenters. The number of carbonyl (C=O) groups is 1. The van der Waals surface area contributed by atoms with E-state index >= 15 is 0 Å². The van der Waals surface area contributed by atoms with Crippen LogP contribution in [0.1, 0.15) is 23.7 Å². The number of amides is 1. The van der Waals surface area contributed by atoms with Gasteiger partial charge in [0.15, 0.2) is 10.7 Å². The van der Waals surface area contributed by atoms with Gasteiger partial charge in [-0.1, -0.05) is 60.3 Å². The summed E-state index contributed by atoms with van der Waals surface area (Å²) in [6.45, 7) is 5.06. The van der Waals surface area contributed by atoms with E-state index < -0.39 is 0 Å². The van der Waals surface area contributed by atoms with Gasteiger partial charge in [0.05, 0.1) is 25.1 Å². The first-order chi connectivity index (χ1) is 16.5. The van der Waals surface area contributed by atoms with Crippen molar-refractivity contribution in [1.29, 1.82) is 0 Å². The zero-order valence-electron chi connectivity index (χ0n) is 19.4. The molecule has 0 fully saturated rings. The SMILES string of the molecule is CCn1nc(C)c2nc(SCC(=O)NCc3ccccc3)n(Cc3ccccc3OC)c(=O)c21. The molecule has 0 saturated carbocycles. The van der Waals surface area contributed by atoms with Crippen LogP contribution in [-0.2, 0) is 24.4 Å². The predicted molar refractivity (Wildman–Crippen MR) is 133 cm³/mol. The van der Waals surface area contributed by atoms with Crippen molar-refractivity contribution < 1.29 is 9.53 Å². The van der Waals surface area contributed by atoms with Crippen molar-refractivity contribution in [3.63, 3.8) is 0 Å². The zero-order chi connectivity index (χ0) is 24.1. The average Bonchev–Trinajstić information content (AvgIpc) is 3.19. The van der Waals surface area contributed by atoms with Gasteiger partial charge in [-0.2, -0.15) is 5.10 Å². The molecule has 0 saturated heterocycles. The predicted octanol–water partition coefficient (Wildman–Crippen LogP) is 3.39. The Balaban J connectivity index is 1.65. The fourth-order valence-electron chi connectivity index (χ4n) is 3.75. The third-order valence-electron chi connectivity index (χ3n) is 5.47. The molecule has 0 radical (unpaired) electrons. The molecule has 4 aromatic rings. The summed E-state index contributed by atoms with van der Waals surface area (Å²) in [4.78, 5) is 30.9. The fourth-order valence-corrected chi connectivity index (χ4v) is 4.57. The standard InChI is InChI=1S/C25H27N5O3S/c1-4-30-23-22(17(2)28-30)27-25(34-16-21(31)26-14-18-10-6-5-7-11-18)29(24(23)32)15-19-12-8-9-13-20(19)33-3/h5-13H,4,14-16H2,1-3H3,(H,26,31). The van der Waals surface area contributed by atoms with Gasteiger partial charge in [0.2, 0.25) is 5.91 Å². The van der Waals surface area contributed by atoms with Crippen molar-refractivity contribution in [3.05, 3.63) is 81.8 Å². The van der Waals surface area contributed by atoms with Gasteiger partial charge in [-0.25, -0.2) is 4.98 Å². The lowest BCUT2D eigenvalue weighted by Crippen LogP contribution is -2.28. The van der Waals surface area contributed by atoms with Crippen LogP contribution >= 0.6 is 11.8 Å². The van der Waals surface area contributed by atoms with Crippen LogP contribution in [0.15, 0.2) is 64.5 Å². The van der Waals surface area contributed by atoms with Crippen LogP contribution in [0.4, 0.5) is 0 Å². The third kappa shape index (κ3) is 4.99. The quantitative estimate of drug-likeness (QED) is 0.294. The first-order valence-electron chi connectivity index (χ1n) is 11.0. The van der Waals surface area contributed by atoms with Crippen molar-refractivity contribution >= 4 is 28.7 Å². The van der Waals surface area contributed by atoms with Crippen LogP contribution in [0, 0.1) is 6.92 Å². The molecule has 176 valence electrons. The molecule has 1 N–H and O–H groups in total. The molecule has 2 aromatic heterocycles. The van der Waals surface area contributed by atoms with Crippen LogP contribution in [0.25, 0.3) is 11.0 Å². The van der Waals surface area contributed by atoms with Gasteiger partial charge in [0, 0.05) is 18.7 Å². The van der Waals surface area contributed by atoms with Gasteiger partial charge in [-0.3, -0.25) is 18.8 Å². The number of carbonyl (C=O) groups excluding carboxylic acids is 1. The zero-order valence-corrected chi connectivity index (χ0v) is 20.3. The van der Waals surface area contributed by atoms with Crippen molar-refractivity contribution in [2.24, 2.45) is 0 Å². The highest BCUT2D eigenvalue weighted by Gasteiger charge is 2.20. The number of nitrogens with one attached hydrogen (secondary N) is 1. The largest absolute Gasteiger partial charge is 0.496 e. The van der Waals surface area contributed by atoms with Gasteiger partial charge >= 0.3 is 0 Å². The Morgan fingerprint density at radius 2 is 1.85 bits per heavy atom. The van der Waals surface area contributed by atoms with E-state index in [0.717, 1.165) is 11.1 Å². The normalized spacial score (nSPS) is 11.0. The maximum Gasteiger partial charge on any atom is 0.280 e. The molecule has 1 amide bonds. The summed E-state index contributed by atoms with van der Waals surface area (Å²) in [7, 11) is 1.60. The van der Waals surface area contributed by atoms with Crippen LogP contribution in [-0.4, -0.2) is 38.1 Å². The van der Waals surface area contributed by atoms with Gasteiger partial charge in [0.1, 0.15) is 11.3 Å². The molecule has 9 heteroatoms. The number of hydrogen-bond donors (Lipinski definition) is 1. The summed E-state index contributed by atoms with van der Waals surface area (Å²) >= 11 is 1.24. The van der Waals surface area contributed by atoms with E-state index in [4.69, 9.17) is 9.72 Å². The summed E-state index contributed by atoms with van der Waals surface area (Å²) < 4.78 is 8.76. The number of thioether (sulfide) groups is 1. The monoisotopic (exact) mass is 477 g/mol. The number of methoxy groups -OCH3 is 1. The maximum atomic E-state index is 13.6. The molecule has 4 rings (SSSR count). The van der Waals surface area contributed by atoms with Crippen LogP contribution in [0.2, 0.25) is 0 Å². The second-order valence-corrected chi connectivity index (χ2v) is 8.69. The molecule has 0 atom stereocenters. The summed E-state index contributed by atoms with van der Waals surface area (Å²) in [5.74, 6) is 0.691. The highest BCUT2D eigenvalue weighted by molar-refractivity contribution is 7.99. The lowest BCUT2D eigenvalue weighted by Gasteiger charge is -2.14. The molecule has 0 spiro atoms. The number of aromatic nitrogens is 4. The van der Waals surface area contributed by atoms with Gasteiger partial charge in [-0.15, -0.1) is 0 Å². The first kappa shape index (κ1) is 23.6. The molecule has 0 bridgehead atoms. The van der Waals surface area contributed by atoms with Crippen LogP contribution in [0.5, 0.6) is 5.75 Å². The summed E-state index contributed by atoms with van der Waals surface area (Å²) in [6, 6.07) is 17.3. The van der Waals surface area contributed by atoms with Crippen molar-refractivity contribution in [1.82, 2.24) is 24.6 Å². The molecule has 0 aliphatic carbocycles. The molecular formula is C25H27N5O3S. The van der Waals surface area contributed by atoms with E-state index in [9.17, 15) is 9.59 Å². The smallest absolute Gasteiger partial charge is 0.280 e. The number of fused-ring (bicyclic) bond motifs is 1. The Hall–Kier alpha value is -3.59. The lowest BCUT2D eigenvalue weighted by atomic mass is 10.2. The Morgan fingerprint density at radius 1 is 1.12 bits per heavy atom. The molecule has 34 heavy (non-hydrogen) atoms. The minimum absolute atomic E-state index is 0.131. The number of nitrogens with zero attached hydrogens (tertiary/aromatic N) is 4. The number of hydrogen-bond acceptors (Lipinski definition) is 6. The topological polar surface area (TPSA) is 91.0 Å². The molecule has 2 aromatic carbocycles. The number of aryl methyl sites for hydroxylation is 2. The van der Waals surface area contributed by atoms with Crippen LogP contribution < -0.4 is 15.6 Å². The summed E-state index contributed by atoms with van der Waals surface area (Å²) in [5, 5.41) is 7.87. The van der Waals surface area contributed by atoms with Crippen molar-refractivity contribution in [3.8, 4) is 5.75 Å². The first-order valence-corrected chi connectivity index (χ1v) is 12.0. The number of ether oxygens (including phenoxy) is 1. The maximum absolute atomic E-state index is 13.6. The second kappa shape index (κ2) is 10.6. The molecule has 0 aliphatic heterocycles. The number of para-hydroxylation sites is 1. The van der Waals surface area contributed by atoms with E-state index in [2.05, 4.69) is 10.4 Å². The number of benzene rings is 2. The van der Waals surface area contributed by atoms with E-state index in [1.807, 2.05) is 68.4 Å². The Kier molecular flexibility index (Phi) is 7.32. The summed E-state index contributed by atoms with van der Waals surface area (Å²) in [5.41, 5.74) is 3.40. The van der Waals surface area contributed by atoms with Gasteiger partial charge in [-0.05, 0) is 25.5 Å². The minimum atomic E-state index is -0.189. The second-order valence-electron chi connectivity index (χ2n) is 7.75.